The van der Waals surface area contributed by atoms with Crippen molar-refractivity contribution in [1.82, 2.24) is 9.38 Å². The van der Waals surface area contributed by atoms with Crippen LogP contribution in [-0.4, -0.2) is 15.2 Å². The Morgan fingerprint density at radius 3 is 2.43 bits per heavy atom. The third kappa shape index (κ3) is 1.92. The van der Waals surface area contributed by atoms with Crippen molar-refractivity contribution in [3.8, 4) is 0 Å². The molecule has 0 spiro atoms. The Labute approximate surface area is 128 Å². The first-order valence-electron chi connectivity index (χ1n) is 6.93. The summed E-state index contributed by atoms with van der Waals surface area (Å²) in [5.74, 6) is -0.497. The predicted molar refractivity (Wildman–Crippen MR) is 83.9 cm³/mol. The third-order valence-corrected chi connectivity index (χ3v) is 3.64. The van der Waals surface area contributed by atoms with Crippen molar-refractivity contribution in [3.63, 3.8) is 0 Å². The molecule has 0 atom stereocenters. The molecule has 6 nitrogen and oxygen atoms in total. The number of fused-ring (bicyclic) bond motifs is 3. The second kappa shape index (κ2) is 4.81. The van der Waals surface area contributed by atoms with Crippen molar-refractivity contribution in [2.45, 2.75) is 0 Å². The lowest BCUT2D eigenvalue weighted by Gasteiger charge is -2.01. The fourth-order valence-corrected chi connectivity index (χ4v) is 2.60. The van der Waals surface area contributed by atoms with Crippen molar-refractivity contribution in [3.05, 3.63) is 86.6 Å². The zero-order valence-corrected chi connectivity index (χ0v) is 11.8. The number of carbonyl (C=O) groups is 1. The summed E-state index contributed by atoms with van der Waals surface area (Å²) in [6.45, 7) is 0. The molecule has 4 rings (SSSR count). The van der Waals surface area contributed by atoms with Crippen LogP contribution in [0.1, 0.15) is 15.9 Å². The first kappa shape index (κ1) is 13.3. The van der Waals surface area contributed by atoms with Gasteiger partial charge in [0.05, 0.1) is 5.52 Å². The highest BCUT2D eigenvalue weighted by Crippen LogP contribution is 2.20. The van der Waals surface area contributed by atoms with Crippen molar-refractivity contribution in [1.29, 1.82) is 0 Å². The topological polar surface area (TPSA) is 84.5 Å². The number of oxazole rings is 1. The summed E-state index contributed by atoms with van der Waals surface area (Å²) in [6.07, 6.45) is 0. The summed E-state index contributed by atoms with van der Waals surface area (Å²) < 4.78 is 6.81. The number of rotatable bonds is 2. The average molecular weight is 306 g/mol. The molecule has 23 heavy (non-hydrogen) atoms. The number of aromatic amines is 1. The van der Waals surface area contributed by atoms with E-state index in [1.54, 1.807) is 54.6 Å². The lowest BCUT2D eigenvalue weighted by Crippen LogP contribution is -2.30. The summed E-state index contributed by atoms with van der Waals surface area (Å²) in [5, 5.41) is 0. The molecule has 2 aromatic carbocycles. The zero-order chi connectivity index (χ0) is 16.0. The minimum absolute atomic E-state index is 0.0474. The van der Waals surface area contributed by atoms with Gasteiger partial charge in [-0.25, -0.2) is 9.20 Å². The van der Waals surface area contributed by atoms with Gasteiger partial charge in [-0.1, -0.05) is 42.5 Å². The molecule has 0 fully saturated rings. The van der Waals surface area contributed by atoms with Crippen LogP contribution in [0.4, 0.5) is 0 Å². The SMILES string of the molecule is O=C(c1ccccc1)c1c(=O)[nH]c(=O)n2c1oc1ccccc12. The summed E-state index contributed by atoms with van der Waals surface area (Å²) in [5.41, 5.74) is -0.376. The van der Waals surface area contributed by atoms with Crippen molar-refractivity contribution >= 4 is 22.6 Å². The molecule has 0 saturated heterocycles. The molecule has 112 valence electrons. The van der Waals surface area contributed by atoms with Crippen LogP contribution < -0.4 is 11.2 Å². The Balaban J connectivity index is 2.13. The van der Waals surface area contributed by atoms with E-state index in [1.165, 1.54) is 4.40 Å². The number of hydrogen-bond acceptors (Lipinski definition) is 4. The Bertz CT molecular complexity index is 1170. The van der Waals surface area contributed by atoms with Gasteiger partial charge in [0.2, 0.25) is 11.5 Å². The molecular formula is C17H10N2O4. The molecule has 1 N–H and O–H groups in total. The number of carbonyl (C=O) groups excluding carboxylic acids is 1. The number of ketones is 1. The normalized spacial score (nSPS) is 11.1. The van der Waals surface area contributed by atoms with Crippen LogP contribution in [0.2, 0.25) is 0 Å². The molecule has 2 aromatic heterocycles. The van der Waals surface area contributed by atoms with Gasteiger partial charge in [-0.2, -0.15) is 0 Å². The Morgan fingerprint density at radius 1 is 0.957 bits per heavy atom. The van der Waals surface area contributed by atoms with E-state index in [-0.39, 0.29) is 11.3 Å². The summed E-state index contributed by atoms with van der Waals surface area (Å²) in [7, 11) is 0. The van der Waals surface area contributed by atoms with Crippen molar-refractivity contribution in [2.24, 2.45) is 0 Å². The molecule has 0 aliphatic rings. The van der Waals surface area contributed by atoms with Crippen LogP contribution >= 0.6 is 0 Å². The van der Waals surface area contributed by atoms with Gasteiger partial charge in [0, 0.05) is 5.56 Å². The second-order valence-corrected chi connectivity index (χ2v) is 5.04. The van der Waals surface area contributed by atoms with Gasteiger partial charge >= 0.3 is 5.69 Å². The molecule has 0 bridgehead atoms. The molecule has 4 aromatic rings. The molecule has 0 saturated carbocycles. The highest BCUT2D eigenvalue weighted by Gasteiger charge is 2.22. The predicted octanol–water partition coefficient (Wildman–Crippen LogP) is 1.96. The van der Waals surface area contributed by atoms with Gasteiger partial charge < -0.3 is 4.42 Å². The van der Waals surface area contributed by atoms with E-state index in [9.17, 15) is 14.4 Å². The number of hydrogen-bond donors (Lipinski definition) is 1. The molecule has 6 heteroatoms. The fraction of sp³-hybridized carbons (Fsp3) is 0. The monoisotopic (exact) mass is 306 g/mol. The highest BCUT2D eigenvalue weighted by molar-refractivity contribution is 6.12. The van der Waals surface area contributed by atoms with E-state index < -0.39 is 17.0 Å². The Hall–Kier alpha value is -3.41. The summed E-state index contributed by atoms with van der Waals surface area (Å²) in [6, 6.07) is 15.2. The number of nitrogens with one attached hydrogen (secondary N) is 1. The van der Waals surface area contributed by atoms with E-state index in [1.807, 2.05) is 0 Å². The molecule has 0 unspecified atom stereocenters. The van der Waals surface area contributed by atoms with Gasteiger partial charge in [0.1, 0.15) is 5.56 Å². The molecule has 0 aliphatic carbocycles. The minimum atomic E-state index is -0.761. The quantitative estimate of drug-likeness (QED) is 0.574. The lowest BCUT2D eigenvalue weighted by atomic mass is 10.1. The van der Waals surface area contributed by atoms with Crippen molar-refractivity contribution in [2.75, 3.05) is 0 Å². The summed E-state index contributed by atoms with van der Waals surface area (Å²) >= 11 is 0. The van der Waals surface area contributed by atoms with E-state index >= 15 is 0 Å². The smallest absolute Gasteiger partial charge is 0.335 e. The van der Waals surface area contributed by atoms with Crippen molar-refractivity contribution < 1.29 is 9.21 Å². The molecule has 0 amide bonds. The minimum Gasteiger partial charge on any atom is -0.437 e. The van der Waals surface area contributed by atoms with Crippen LogP contribution in [0.25, 0.3) is 16.8 Å². The van der Waals surface area contributed by atoms with E-state index in [0.717, 1.165) is 0 Å². The average Bonchev–Trinajstić information content (AvgIpc) is 2.95. The van der Waals surface area contributed by atoms with E-state index in [0.29, 0.717) is 16.7 Å². The van der Waals surface area contributed by atoms with E-state index in [2.05, 4.69) is 4.98 Å². The largest absolute Gasteiger partial charge is 0.437 e. The Morgan fingerprint density at radius 2 is 1.65 bits per heavy atom. The highest BCUT2D eigenvalue weighted by atomic mass is 16.3. The fourth-order valence-electron chi connectivity index (χ4n) is 2.60. The Kier molecular flexibility index (Phi) is 2.77. The van der Waals surface area contributed by atoms with Gasteiger partial charge in [0.25, 0.3) is 5.56 Å². The van der Waals surface area contributed by atoms with Gasteiger partial charge in [-0.05, 0) is 12.1 Å². The maximum atomic E-state index is 12.7. The lowest BCUT2D eigenvalue weighted by molar-refractivity contribution is 0.103. The van der Waals surface area contributed by atoms with Crippen LogP contribution in [0.3, 0.4) is 0 Å². The third-order valence-electron chi connectivity index (χ3n) is 3.64. The van der Waals surface area contributed by atoms with Crippen LogP contribution in [0.15, 0.2) is 68.6 Å². The number of nitrogens with zero attached hydrogens (tertiary/aromatic N) is 1. The van der Waals surface area contributed by atoms with Gasteiger partial charge in [-0.3, -0.25) is 14.6 Å². The first-order chi connectivity index (χ1) is 11.2. The number of H-pyrrole nitrogens is 1. The maximum Gasteiger partial charge on any atom is 0.335 e. The number of aromatic nitrogens is 2. The standard InChI is InChI=1S/C17H10N2O4/c20-14(10-6-2-1-3-7-10)13-15(21)18-17(22)19-11-8-4-5-9-12(11)23-16(13)19/h1-9H,(H,18,21,22). The summed E-state index contributed by atoms with van der Waals surface area (Å²) in [4.78, 5) is 39.2. The number of para-hydroxylation sites is 2. The van der Waals surface area contributed by atoms with E-state index in [4.69, 9.17) is 4.42 Å². The molecular weight excluding hydrogens is 296 g/mol. The number of benzene rings is 2. The second-order valence-electron chi connectivity index (χ2n) is 5.04. The molecule has 2 heterocycles. The first-order valence-corrected chi connectivity index (χ1v) is 6.93. The van der Waals surface area contributed by atoms with Crippen LogP contribution in [0, 0.1) is 0 Å². The molecule has 0 radical (unpaired) electrons. The maximum absolute atomic E-state index is 12.7. The molecule has 0 aliphatic heterocycles. The van der Waals surface area contributed by atoms with Crippen LogP contribution in [-0.2, 0) is 0 Å². The van der Waals surface area contributed by atoms with Crippen LogP contribution in [0.5, 0.6) is 0 Å². The van der Waals surface area contributed by atoms with Gasteiger partial charge in [0.15, 0.2) is 5.58 Å². The zero-order valence-electron chi connectivity index (χ0n) is 11.8. The van der Waals surface area contributed by atoms with Gasteiger partial charge in [-0.15, -0.1) is 0 Å².